The first-order valence-electron chi connectivity index (χ1n) is 6.17. The number of nitro groups is 1. The van der Waals surface area contributed by atoms with Crippen LogP contribution in [0.4, 0.5) is 10.7 Å². The standard InChI is InChI=1S/C14H14N2O3S/c1-3-10-6-4-5-9(2)13(10)15-14(17)11-7-8-12(20-11)16(18)19/h4-8H,3H2,1-2H3,(H,15,17). The molecule has 0 fully saturated rings. The number of nitrogens with zero attached hydrogens (tertiary/aromatic N) is 1. The molecular formula is C14H14N2O3S. The first-order valence-corrected chi connectivity index (χ1v) is 6.98. The lowest BCUT2D eigenvalue weighted by Crippen LogP contribution is -2.12. The number of benzene rings is 1. The Morgan fingerprint density at radius 2 is 2.10 bits per heavy atom. The van der Waals surface area contributed by atoms with E-state index in [0.717, 1.165) is 34.6 Å². The van der Waals surface area contributed by atoms with Gasteiger partial charge in [-0.2, -0.15) is 0 Å². The Bertz CT molecular complexity index is 664. The number of amides is 1. The van der Waals surface area contributed by atoms with E-state index in [2.05, 4.69) is 5.32 Å². The highest BCUT2D eigenvalue weighted by Gasteiger charge is 2.16. The molecule has 0 radical (unpaired) electrons. The first-order chi connectivity index (χ1) is 9.52. The van der Waals surface area contributed by atoms with Crippen LogP contribution in [-0.4, -0.2) is 10.8 Å². The van der Waals surface area contributed by atoms with E-state index in [4.69, 9.17) is 0 Å². The third-order valence-electron chi connectivity index (χ3n) is 2.97. The molecule has 5 nitrogen and oxygen atoms in total. The molecule has 0 aliphatic rings. The van der Waals surface area contributed by atoms with Gasteiger partial charge in [0, 0.05) is 11.8 Å². The molecule has 0 aliphatic carbocycles. The average molecular weight is 290 g/mol. The minimum atomic E-state index is -0.493. The van der Waals surface area contributed by atoms with Crippen LogP contribution in [-0.2, 0) is 6.42 Å². The van der Waals surface area contributed by atoms with Gasteiger partial charge in [0.25, 0.3) is 5.91 Å². The smallest absolute Gasteiger partial charge is 0.321 e. The molecule has 104 valence electrons. The molecule has 0 saturated carbocycles. The fourth-order valence-corrected chi connectivity index (χ4v) is 2.64. The van der Waals surface area contributed by atoms with Gasteiger partial charge in [0.2, 0.25) is 0 Å². The molecule has 0 saturated heterocycles. The van der Waals surface area contributed by atoms with Crippen LogP contribution in [0.1, 0.15) is 27.7 Å². The van der Waals surface area contributed by atoms with Gasteiger partial charge in [-0.15, -0.1) is 0 Å². The second-order valence-electron chi connectivity index (χ2n) is 4.31. The molecule has 1 amide bonds. The van der Waals surface area contributed by atoms with Gasteiger partial charge < -0.3 is 5.32 Å². The average Bonchev–Trinajstić information content (AvgIpc) is 2.91. The van der Waals surface area contributed by atoms with Crippen molar-refractivity contribution < 1.29 is 9.72 Å². The molecule has 0 atom stereocenters. The third-order valence-corrected chi connectivity index (χ3v) is 4.01. The summed E-state index contributed by atoms with van der Waals surface area (Å²) in [7, 11) is 0. The molecule has 1 aromatic carbocycles. The van der Waals surface area contributed by atoms with Crippen LogP contribution in [0, 0.1) is 17.0 Å². The van der Waals surface area contributed by atoms with Crippen LogP contribution in [0.3, 0.4) is 0 Å². The topological polar surface area (TPSA) is 72.2 Å². The zero-order valence-electron chi connectivity index (χ0n) is 11.2. The Balaban J connectivity index is 2.25. The van der Waals surface area contributed by atoms with Crippen LogP contribution in [0.15, 0.2) is 30.3 Å². The molecule has 0 unspecified atom stereocenters. The van der Waals surface area contributed by atoms with Gasteiger partial charge in [0.15, 0.2) is 0 Å². The summed E-state index contributed by atoms with van der Waals surface area (Å²) in [6.07, 6.45) is 0.807. The summed E-state index contributed by atoms with van der Waals surface area (Å²) in [5, 5.41) is 13.4. The number of para-hydroxylation sites is 1. The number of nitrogens with one attached hydrogen (secondary N) is 1. The van der Waals surface area contributed by atoms with E-state index in [9.17, 15) is 14.9 Å². The molecule has 0 aliphatic heterocycles. The summed E-state index contributed by atoms with van der Waals surface area (Å²) >= 11 is 0.877. The van der Waals surface area contributed by atoms with Crippen LogP contribution >= 0.6 is 11.3 Å². The lowest BCUT2D eigenvalue weighted by Gasteiger charge is -2.12. The molecule has 0 spiro atoms. The number of rotatable bonds is 4. The van der Waals surface area contributed by atoms with Gasteiger partial charge in [0.05, 0.1) is 9.80 Å². The Kier molecular flexibility index (Phi) is 4.14. The van der Waals surface area contributed by atoms with Gasteiger partial charge in [-0.3, -0.25) is 14.9 Å². The molecule has 0 bridgehead atoms. The highest BCUT2D eigenvalue weighted by atomic mass is 32.1. The maximum Gasteiger partial charge on any atom is 0.324 e. The van der Waals surface area contributed by atoms with Crippen molar-refractivity contribution in [1.29, 1.82) is 0 Å². The second-order valence-corrected chi connectivity index (χ2v) is 5.37. The monoisotopic (exact) mass is 290 g/mol. The van der Waals surface area contributed by atoms with Crippen LogP contribution in [0.25, 0.3) is 0 Å². The van der Waals surface area contributed by atoms with Crippen molar-refractivity contribution in [2.24, 2.45) is 0 Å². The summed E-state index contributed by atoms with van der Waals surface area (Å²) < 4.78 is 0. The fourth-order valence-electron chi connectivity index (χ4n) is 1.92. The predicted molar refractivity (Wildman–Crippen MR) is 79.5 cm³/mol. The zero-order chi connectivity index (χ0) is 14.7. The molecule has 1 aromatic heterocycles. The highest BCUT2D eigenvalue weighted by molar-refractivity contribution is 7.17. The van der Waals surface area contributed by atoms with E-state index < -0.39 is 4.92 Å². The third kappa shape index (κ3) is 2.85. The molecule has 2 aromatic rings. The lowest BCUT2D eigenvalue weighted by atomic mass is 10.1. The molecule has 1 heterocycles. The lowest BCUT2D eigenvalue weighted by molar-refractivity contribution is -0.380. The number of thiophene rings is 1. The van der Waals surface area contributed by atoms with Gasteiger partial charge >= 0.3 is 5.00 Å². The Morgan fingerprint density at radius 1 is 1.35 bits per heavy atom. The summed E-state index contributed by atoms with van der Waals surface area (Å²) in [4.78, 5) is 22.6. The van der Waals surface area contributed by atoms with Gasteiger partial charge in [-0.1, -0.05) is 36.5 Å². The minimum absolute atomic E-state index is 0.0318. The molecule has 2 rings (SSSR count). The van der Waals surface area contributed by atoms with Gasteiger partial charge in [0.1, 0.15) is 0 Å². The predicted octanol–water partition coefficient (Wildman–Crippen LogP) is 3.78. The van der Waals surface area contributed by atoms with E-state index in [1.807, 2.05) is 32.0 Å². The minimum Gasteiger partial charge on any atom is -0.321 e. The van der Waals surface area contributed by atoms with Crippen molar-refractivity contribution >= 4 is 27.9 Å². The van der Waals surface area contributed by atoms with Crippen molar-refractivity contribution in [3.63, 3.8) is 0 Å². The Labute approximate surface area is 120 Å². The number of aryl methyl sites for hydroxylation is 2. The van der Waals surface area contributed by atoms with Crippen LogP contribution in [0.2, 0.25) is 0 Å². The maximum absolute atomic E-state index is 12.1. The summed E-state index contributed by atoms with van der Waals surface area (Å²) in [5.41, 5.74) is 2.81. The van der Waals surface area contributed by atoms with Crippen molar-refractivity contribution in [1.82, 2.24) is 0 Å². The van der Waals surface area contributed by atoms with Crippen LogP contribution in [0.5, 0.6) is 0 Å². The van der Waals surface area contributed by atoms with Crippen molar-refractivity contribution in [3.8, 4) is 0 Å². The SMILES string of the molecule is CCc1cccc(C)c1NC(=O)c1ccc([N+](=O)[O-])s1. The van der Waals surface area contributed by atoms with Crippen molar-refractivity contribution in [2.75, 3.05) is 5.32 Å². The molecule has 1 N–H and O–H groups in total. The Hall–Kier alpha value is -2.21. The fraction of sp³-hybridized carbons (Fsp3) is 0.214. The first kappa shape index (κ1) is 14.2. The van der Waals surface area contributed by atoms with E-state index in [1.54, 1.807) is 0 Å². The molecule has 20 heavy (non-hydrogen) atoms. The largest absolute Gasteiger partial charge is 0.324 e. The number of carbonyl (C=O) groups is 1. The summed E-state index contributed by atoms with van der Waals surface area (Å²) in [5.74, 6) is -0.313. The van der Waals surface area contributed by atoms with E-state index in [0.29, 0.717) is 4.88 Å². The van der Waals surface area contributed by atoms with E-state index in [1.165, 1.54) is 12.1 Å². The zero-order valence-corrected chi connectivity index (χ0v) is 12.0. The van der Waals surface area contributed by atoms with Crippen molar-refractivity contribution in [3.05, 3.63) is 56.5 Å². The summed E-state index contributed by atoms with van der Waals surface area (Å²) in [6.45, 7) is 3.94. The Morgan fingerprint density at radius 3 is 2.70 bits per heavy atom. The van der Waals surface area contributed by atoms with E-state index in [-0.39, 0.29) is 10.9 Å². The quantitative estimate of drug-likeness (QED) is 0.688. The highest BCUT2D eigenvalue weighted by Crippen LogP contribution is 2.26. The summed E-state index contributed by atoms with van der Waals surface area (Å²) in [6, 6.07) is 8.64. The van der Waals surface area contributed by atoms with Gasteiger partial charge in [-0.25, -0.2) is 0 Å². The van der Waals surface area contributed by atoms with Crippen LogP contribution < -0.4 is 5.32 Å². The normalized spacial score (nSPS) is 10.3. The number of hydrogen-bond donors (Lipinski definition) is 1. The maximum atomic E-state index is 12.1. The number of hydrogen-bond acceptors (Lipinski definition) is 4. The number of anilines is 1. The number of carbonyl (C=O) groups excluding carboxylic acids is 1. The molecular weight excluding hydrogens is 276 g/mol. The van der Waals surface area contributed by atoms with Gasteiger partial charge in [-0.05, 0) is 30.5 Å². The second kappa shape index (κ2) is 5.83. The van der Waals surface area contributed by atoms with E-state index >= 15 is 0 Å². The van der Waals surface area contributed by atoms with Crippen molar-refractivity contribution in [2.45, 2.75) is 20.3 Å². The molecule has 6 heteroatoms.